The highest BCUT2D eigenvalue weighted by Gasteiger charge is 2.26. The molecule has 0 atom stereocenters. The number of benzene rings is 2. The molecular formula is C18H16IN3O3. The summed E-state index contributed by atoms with van der Waals surface area (Å²) in [6, 6.07) is 14.5. The van der Waals surface area contributed by atoms with E-state index in [1.54, 1.807) is 24.3 Å². The minimum atomic E-state index is -0.250. The van der Waals surface area contributed by atoms with Crippen LogP contribution in [0.5, 0.6) is 0 Å². The summed E-state index contributed by atoms with van der Waals surface area (Å²) in [7, 11) is 0. The van der Waals surface area contributed by atoms with Crippen LogP contribution in [0.2, 0.25) is 0 Å². The highest BCUT2D eigenvalue weighted by atomic mass is 127. The second kappa shape index (κ2) is 7.64. The van der Waals surface area contributed by atoms with Gasteiger partial charge in [-0.05, 0) is 59.0 Å². The lowest BCUT2D eigenvalue weighted by Gasteiger charge is -2.29. The van der Waals surface area contributed by atoms with Gasteiger partial charge in [-0.3, -0.25) is 14.4 Å². The van der Waals surface area contributed by atoms with Crippen LogP contribution >= 0.6 is 22.6 Å². The molecule has 6 nitrogen and oxygen atoms in total. The normalized spacial score (nSPS) is 13.0. The van der Waals surface area contributed by atoms with Crippen molar-refractivity contribution < 1.29 is 14.4 Å². The zero-order valence-corrected chi connectivity index (χ0v) is 15.4. The van der Waals surface area contributed by atoms with E-state index < -0.39 is 0 Å². The van der Waals surface area contributed by atoms with E-state index in [-0.39, 0.29) is 37.1 Å². The van der Waals surface area contributed by atoms with Crippen molar-refractivity contribution in [3.8, 4) is 0 Å². The molecule has 1 aliphatic heterocycles. The van der Waals surface area contributed by atoms with E-state index in [9.17, 15) is 14.4 Å². The molecule has 1 aliphatic rings. The van der Waals surface area contributed by atoms with Gasteiger partial charge in [-0.15, -0.1) is 0 Å². The Morgan fingerprint density at radius 2 is 1.80 bits per heavy atom. The SMILES string of the molecule is O=C(CCC(=O)N1CC(=O)Nc2ccccc21)Nc1ccc(I)cc1. The van der Waals surface area contributed by atoms with E-state index in [1.807, 2.05) is 24.3 Å². The van der Waals surface area contributed by atoms with Gasteiger partial charge in [0.1, 0.15) is 6.54 Å². The first-order valence-corrected chi connectivity index (χ1v) is 8.85. The molecule has 25 heavy (non-hydrogen) atoms. The molecule has 0 saturated carbocycles. The summed E-state index contributed by atoms with van der Waals surface area (Å²) < 4.78 is 1.08. The van der Waals surface area contributed by atoms with Crippen LogP contribution in [-0.4, -0.2) is 24.3 Å². The Kier molecular flexibility index (Phi) is 5.32. The number of hydrogen-bond acceptors (Lipinski definition) is 3. The lowest BCUT2D eigenvalue weighted by molar-refractivity contribution is -0.124. The Morgan fingerprint density at radius 1 is 1.08 bits per heavy atom. The van der Waals surface area contributed by atoms with Crippen molar-refractivity contribution in [2.75, 3.05) is 22.1 Å². The van der Waals surface area contributed by atoms with Crippen molar-refractivity contribution in [1.29, 1.82) is 0 Å². The number of halogens is 1. The van der Waals surface area contributed by atoms with Crippen LogP contribution < -0.4 is 15.5 Å². The third kappa shape index (κ3) is 4.36. The number of hydrogen-bond donors (Lipinski definition) is 2. The Hall–Kier alpha value is -2.42. The van der Waals surface area contributed by atoms with Gasteiger partial charge in [-0.1, -0.05) is 12.1 Å². The Morgan fingerprint density at radius 3 is 2.56 bits per heavy atom. The number of nitrogens with zero attached hydrogens (tertiary/aromatic N) is 1. The van der Waals surface area contributed by atoms with Gasteiger partial charge in [-0.25, -0.2) is 0 Å². The van der Waals surface area contributed by atoms with Crippen molar-refractivity contribution in [2.45, 2.75) is 12.8 Å². The molecule has 0 radical (unpaired) electrons. The van der Waals surface area contributed by atoms with Crippen molar-refractivity contribution in [3.05, 3.63) is 52.1 Å². The molecule has 0 spiro atoms. The first-order valence-electron chi connectivity index (χ1n) is 7.77. The summed E-state index contributed by atoms with van der Waals surface area (Å²) in [5, 5.41) is 5.50. The van der Waals surface area contributed by atoms with Gasteiger partial charge in [0.15, 0.2) is 0 Å². The van der Waals surface area contributed by atoms with E-state index in [1.165, 1.54) is 4.90 Å². The summed E-state index contributed by atoms with van der Waals surface area (Å²) in [5.41, 5.74) is 1.96. The largest absolute Gasteiger partial charge is 0.326 e. The molecule has 2 aromatic rings. The van der Waals surface area contributed by atoms with Crippen molar-refractivity contribution >= 4 is 57.4 Å². The minimum absolute atomic E-state index is 0.0331. The fraction of sp³-hybridized carbons (Fsp3) is 0.167. The number of para-hydroxylation sites is 2. The first-order chi connectivity index (χ1) is 12.0. The molecular weight excluding hydrogens is 433 g/mol. The van der Waals surface area contributed by atoms with Gasteiger partial charge in [-0.2, -0.15) is 0 Å². The van der Waals surface area contributed by atoms with Crippen LogP contribution in [0.15, 0.2) is 48.5 Å². The molecule has 1 heterocycles. The summed E-state index contributed by atoms with van der Waals surface area (Å²) in [6.45, 7) is -0.0331. The molecule has 3 amide bonds. The Bertz CT molecular complexity index is 821. The van der Waals surface area contributed by atoms with Crippen LogP contribution in [0, 0.1) is 3.57 Å². The number of amides is 3. The van der Waals surface area contributed by atoms with Crippen LogP contribution in [0.3, 0.4) is 0 Å². The smallest absolute Gasteiger partial charge is 0.244 e. The molecule has 3 rings (SSSR count). The summed E-state index contributed by atoms with van der Waals surface area (Å²) in [6.07, 6.45) is 0.100. The Balaban J connectivity index is 1.60. The Labute approximate surface area is 158 Å². The molecule has 0 fully saturated rings. The quantitative estimate of drug-likeness (QED) is 0.705. The lowest BCUT2D eigenvalue weighted by atomic mass is 10.1. The highest BCUT2D eigenvalue weighted by Crippen LogP contribution is 2.29. The zero-order chi connectivity index (χ0) is 17.8. The number of carbonyl (C=O) groups excluding carboxylic acids is 3. The zero-order valence-electron chi connectivity index (χ0n) is 13.3. The summed E-state index contributed by atoms with van der Waals surface area (Å²) in [5.74, 6) is -0.722. The highest BCUT2D eigenvalue weighted by molar-refractivity contribution is 14.1. The lowest BCUT2D eigenvalue weighted by Crippen LogP contribution is -2.42. The predicted molar refractivity (Wildman–Crippen MR) is 104 cm³/mol. The van der Waals surface area contributed by atoms with E-state index in [2.05, 4.69) is 33.2 Å². The maximum absolute atomic E-state index is 12.5. The number of rotatable bonds is 4. The maximum Gasteiger partial charge on any atom is 0.244 e. The van der Waals surface area contributed by atoms with Crippen LogP contribution in [0.25, 0.3) is 0 Å². The number of fused-ring (bicyclic) bond motifs is 1. The second-order valence-electron chi connectivity index (χ2n) is 5.60. The van der Waals surface area contributed by atoms with Crippen molar-refractivity contribution in [1.82, 2.24) is 0 Å². The predicted octanol–water partition coefficient (Wildman–Crippen LogP) is 3.00. The summed E-state index contributed by atoms with van der Waals surface area (Å²) >= 11 is 2.19. The fourth-order valence-corrected chi connectivity index (χ4v) is 2.93. The maximum atomic E-state index is 12.5. The summed E-state index contributed by atoms with van der Waals surface area (Å²) in [4.78, 5) is 37.7. The van der Waals surface area contributed by atoms with Gasteiger partial charge >= 0.3 is 0 Å². The van der Waals surface area contributed by atoms with Crippen molar-refractivity contribution in [2.24, 2.45) is 0 Å². The van der Waals surface area contributed by atoms with Crippen molar-refractivity contribution in [3.63, 3.8) is 0 Å². The number of carbonyl (C=O) groups is 3. The standard InChI is InChI=1S/C18H16IN3O3/c19-12-5-7-13(8-6-12)20-16(23)9-10-18(25)22-11-17(24)21-14-3-1-2-4-15(14)22/h1-8H,9-11H2,(H,20,23)(H,21,24). The van der Waals surface area contributed by atoms with Crippen LogP contribution in [-0.2, 0) is 14.4 Å². The van der Waals surface area contributed by atoms with Gasteiger partial charge < -0.3 is 15.5 Å². The van der Waals surface area contributed by atoms with Gasteiger partial charge in [0, 0.05) is 22.1 Å². The topological polar surface area (TPSA) is 78.5 Å². The van der Waals surface area contributed by atoms with Gasteiger partial charge in [0.2, 0.25) is 17.7 Å². The molecule has 0 aromatic heterocycles. The molecule has 0 bridgehead atoms. The van der Waals surface area contributed by atoms with E-state index in [0.717, 1.165) is 3.57 Å². The molecule has 0 aliphatic carbocycles. The molecule has 7 heteroatoms. The third-order valence-corrected chi connectivity index (χ3v) is 4.48. The van der Waals surface area contributed by atoms with E-state index in [4.69, 9.17) is 0 Å². The van der Waals surface area contributed by atoms with Gasteiger partial charge in [0.05, 0.1) is 11.4 Å². The minimum Gasteiger partial charge on any atom is -0.326 e. The average Bonchev–Trinajstić information content (AvgIpc) is 2.61. The number of anilines is 3. The first kappa shape index (κ1) is 17.4. The van der Waals surface area contributed by atoms with Gasteiger partial charge in [0.25, 0.3) is 0 Å². The number of nitrogens with one attached hydrogen (secondary N) is 2. The fourth-order valence-electron chi connectivity index (χ4n) is 2.57. The molecule has 2 N–H and O–H groups in total. The third-order valence-electron chi connectivity index (χ3n) is 3.77. The van der Waals surface area contributed by atoms with E-state index in [0.29, 0.717) is 17.1 Å². The second-order valence-corrected chi connectivity index (χ2v) is 6.85. The average molecular weight is 449 g/mol. The van der Waals surface area contributed by atoms with Crippen LogP contribution in [0.1, 0.15) is 12.8 Å². The molecule has 0 saturated heterocycles. The monoisotopic (exact) mass is 449 g/mol. The van der Waals surface area contributed by atoms with Crippen LogP contribution in [0.4, 0.5) is 17.1 Å². The molecule has 0 unspecified atom stereocenters. The van der Waals surface area contributed by atoms with E-state index >= 15 is 0 Å². The molecule has 128 valence electrons. The molecule has 2 aromatic carbocycles.